The number of thioether (sulfide) groups is 1. The molecule has 2 aromatic rings. The molecule has 0 spiro atoms. The average Bonchev–Trinajstić information content (AvgIpc) is 3.10. The van der Waals surface area contributed by atoms with Gasteiger partial charge in [-0.15, -0.1) is 0 Å². The van der Waals surface area contributed by atoms with E-state index in [0.29, 0.717) is 5.25 Å². The van der Waals surface area contributed by atoms with Crippen LogP contribution in [-0.2, 0) is 4.43 Å². The normalized spacial score (nSPS) is 18.7. The number of rotatable bonds is 5. The van der Waals surface area contributed by atoms with Crippen LogP contribution in [-0.4, -0.2) is 25.9 Å². The van der Waals surface area contributed by atoms with Gasteiger partial charge in [0.25, 0.3) is 8.32 Å². The Morgan fingerprint density at radius 3 is 1.92 bits per heavy atom. The molecule has 1 saturated heterocycles. The van der Waals surface area contributed by atoms with Crippen LogP contribution in [0.1, 0.15) is 33.6 Å². The van der Waals surface area contributed by atoms with Crippen molar-refractivity contribution in [1.29, 1.82) is 0 Å². The minimum atomic E-state index is -2.33. The van der Waals surface area contributed by atoms with Gasteiger partial charge in [0.05, 0.1) is 0 Å². The molecule has 128 valence electrons. The maximum absolute atomic E-state index is 6.97. The molecule has 3 heteroatoms. The van der Waals surface area contributed by atoms with E-state index < -0.39 is 8.32 Å². The van der Waals surface area contributed by atoms with Crippen molar-refractivity contribution in [2.45, 2.75) is 43.9 Å². The Kier molecular flexibility index (Phi) is 5.53. The smallest absolute Gasteiger partial charge is 0.261 e. The maximum Gasteiger partial charge on any atom is 0.261 e. The number of hydrogen-bond donors (Lipinski definition) is 0. The van der Waals surface area contributed by atoms with E-state index >= 15 is 0 Å². The van der Waals surface area contributed by atoms with Crippen molar-refractivity contribution in [3.05, 3.63) is 60.7 Å². The van der Waals surface area contributed by atoms with Gasteiger partial charge in [0.2, 0.25) is 0 Å². The predicted molar refractivity (Wildman–Crippen MR) is 109 cm³/mol. The van der Waals surface area contributed by atoms with E-state index in [1.807, 2.05) is 0 Å². The largest absolute Gasteiger partial charge is 0.406 e. The molecule has 2 aromatic carbocycles. The summed E-state index contributed by atoms with van der Waals surface area (Å²) < 4.78 is 6.97. The van der Waals surface area contributed by atoms with Crippen LogP contribution in [0.15, 0.2) is 60.7 Å². The van der Waals surface area contributed by atoms with Gasteiger partial charge in [0.1, 0.15) is 0 Å². The molecule has 0 aromatic heterocycles. The molecule has 0 unspecified atom stereocenters. The molecule has 1 nitrogen and oxygen atoms in total. The summed E-state index contributed by atoms with van der Waals surface area (Å²) in [6.45, 7) is 7.92. The van der Waals surface area contributed by atoms with E-state index in [1.54, 1.807) is 0 Å². The van der Waals surface area contributed by atoms with Crippen LogP contribution < -0.4 is 10.4 Å². The van der Waals surface area contributed by atoms with Gasteiger partial charge in [0.15, 0.2) is 0 Å². The predicted octanol–water partition coefficient (Wildman–Crippen LogP) is 4.46. The topological polar surface area (TPSA) is 9.23 Å². The molecule has 0 amide bonds. The SMILES string of the molecule is CC(C)(C)[Si](OC[C@@H]1CCCS1)(c1ccccc1)c1ccccc1. The lowest BCUT2D eigenvalue weighted by Crippen LogP contribution is -2.67. The Morgan fingerprint density at radius 2 is 1.50 bits per heavy atom. The van der Waals surface area contributed by atoms with Gasteiger partial charge < -0.3 is 4.43 Å². The highest BCUT2D eigenvalue weighted by Gasteiger charge is 2.50. The fraction of sp³-hybridized carbons (Fsp3) is 0.429. The van der Waals surface area contributed by atoms with Crippen molar-refractivity contribution in [2.75, 3.05) is 12.4 Å². The van der Waals surface area contributed by atoms with Crippen LogP contribution in [0, 0.1) is 0 Å². The molecule has 1 aliphatic rings. The second-order valence-corrected chi connectivity index (χ2v) is 13.3. The van der Waals surface area contributed by atoms with Crippen molar-refractivity contribution in [3.8, 4) is 0 Å². The summed E-state index contributed by atoms with van der Waals surface area (Å²) in [4.78, 5) is 0. The Balaban J connectivity index is 2.06. The van der Waals surface area contributed by atoms with E-state index in [1.165, 1.54) is 29.0 Å². The van der Waals surface area contributed by atoms with Crippen LogP contribution >= 0.6 is 11.8 Å². The van der Waals surface area contributed by atoms with Gasteiger partial charge in [0, 0.05) is 11.9 Å². The summed E-state index contributed by atoms with van der Waals surface area (Å²) in [7, 11) is -2.33. The third-order valence-corrected chi connectivity index (χ3v) is 11.3. The van der Waals surface area contributed by atoms with E-state index in [0.717, 1.165) is 6.61 Å². The van der Waals surface area contributed by atoms with E-state index in [-0.39, 0.29) is 5.04 Å². The highest BCUT2D eigenvalue weighted by atomic mass is 32.2. The first kappa shape index (κ1) is 17.8. The molecule has 1 heterocycles. The molecule has 0 bridgehead atoms. The first-order valence-corrected chi connectivity index (χ1v) is 11.9. The lowest BCUT2D eigenvalue weighted by molar-refractivity contribution is 0.296. The summed E-state index contributed by atoms with van der Waals surface area (Å²) in [5.41, 5.74) is 0. The molecule has 1 fully saturated rings. The molecule has 0 radical (unpaired) electrons. The van der Waals surface area contributed by atoms with Gasteiger partial charge in [-0.05, 0) is 34.0 Å². The quantitative estimate of drug-likeness (QED) is 0.732. The van der Waals surface area contributed by atoms with Gasteiger partial charge in [-0.2, -0.15) is 11.8 Å². The molecule has 3 rings (SSSR count). The zero-order valence-corrected chi connectivity index (χ0v) is 16.8. The third-order valence-electron chi connectivity index (χ3n) is 4.93. The molecule has 0 aliphatic carbocycles. The Hall–Kier alpha value is -1.03. The summed E-state index contributed by atoms with van der Waals surface area (Å²) >= 11 is 2.08. The van der Waals surface area contributed by atoms with Crippen molar-refractivity contribution in [3.63, 3.8) is 0 Å². The molecule has 24 heavy (non-hydrogen) atoms. The second-order valence-electron chi connectivity index (χ2n) is 7.61. The molecular formula is C21H28OSSi. The fourth-order valence-electron chi connectivity index (χ4n) is 3.76. The van der Waals surface area contributed by atoms with Crippen LogP contribution in [0.3, 0.4) is 0 Å². The summed E-state index contributed by atoms with van der Waals surface area (Å²) in [6.07, 6.45) is 2.63. The monoisotopic (exact) mass is 356 g/mol. The molecule has 1 aliphatic heterocycles. The van der Waals surface area contributed by atoms with E-state index in [2.05, 4.69) is 93.2 Å². The van der Waals surface area contributed by atoms with Crippen molar-refractivity contribution in [1.82, 2.24) is 0 Å². The first-order chi connectivity index (χ1) is 11.5. The van der Waals surface area contributed by atoms with Gasteiger partial charge in [-0.1, -0.05) is 81.4 Å². The lowest BCUT2D eigenvalue weighted by atomic mass is 10.2. The van der Waals surface area contributed by atoms with Crippen LogP contribution in [0.5, 0.6) is 0 Å². The number of hydrogen-bond acceptors (Lipinski definition) is 2. The summed E-state index contributed by atoms with van der Waals surface area (Å²) in [5, 5.41) is 3.50. The zero-order valence-electron chi connectivity index (χ0n) is 15.0. The highest BCUT2D eigenvalue weighted by molar-refractivity contribution is 8.00. The van der Waals surface area contributed by atoms with Gasteiger partial charge in [-0.3, -0.25) is 0 Å². The maximum atomic E-state index is 6.97. The zero-order chi connectivity index (χ0) is 17.0. The minimum Gasteiger partial charge on any atom is -0.406 e. The lowest BCUT2D eigenvalue weighted by Gasteiger charge is -2.43. The van der Waals surface area contributed by atoms with Crippen molar-refractivity contribution < 1.29 is 4.43 Å². The van der Waals surface area contributed by atoms with Gasteiger partial charge in [-0.25, -0.2) is 0 Å². The molecular weight excluding hydrogens is 328 g/mol. The second kappa shape index (κ2) is 7.47. The molecule has 0 N–H and O–H groups in total. The Morgan fingerprint density at radius 1 is 0.958 bits per heavy atom. The Labute approximate surface area is 152 Å². The Bertz CT molecular complexity index is 590. The standard InChI is InChI=1S/C21H28OSSi/c1-21(2,3)24(19-12-6-4-7-13-19,20-14-8-5-9-15-20)22-17-18-11-10-16-23-18/h4-9,12-15,18H,10-11,16-17H2,1-3H3/t18-/m0/s1. The third kappa shape index (κ3) is 3.49. The minimum absolute atomic E-state index is 0.0823. The molecule has 0 saturated carbocycles. The average molecular weight is 357 g/mol. The molecule has 1 atom stereocenters. The van der Waals surface area contributed by atoms with Crippen molar-refractivity contribution in [2.24, 2.45) is 0 Å². The highest BCUT2D eigenvalue weighted by Crippen LogP contribution is 2.38. The fourth-order valence-corrected chi connectivity index (χ4v) is 9.65. The summed E-state index contributed by atoms with van der Waals surface area (Å²) in [5.74, 6) is 1.29. The van der Waals surface area contributed by atoms with Crippen LogP contribution in [0.25, 0.3) is 0 Å². The van der Waals surface area contributed by atoms with Gasteiger partial charge >= 0.3 is 0 Å². The van der Waals surface area contributed by atoms with E-state index in [4.69, 9.17) is 4.43 Å². The van der Waals surface area contributed by atoms with E-state index in [9.17, 15) is 0 Å². The van der Waals surface area contributed by atoms with Crippen molar-refractivity contribution >= 4 is 30.5 Å². The van der Waals surface area contributed by atoms with Crippen LogP contribution in [0.2, 0.25) is 5.04 Å². The summed E-state index contributed by atoms with van der Waals surface area (Å²) in [6, 6.07) is 21.9. The van der Waals surface area contributed by atoms with Crippen LogP contribution in [0.4, 0.5) is 0 Å². The number of benzene rings is 2. The first-order valence-electron chi connectivity index (χ1n) is 8.91.